The number of rotatable bonds is 13. The molecule has 2 aliphatic carbocycles. The molecule has 2 saturated heterocycles. The van der Waals surface area contributed by atoms with E-state index in [1.165, 1.54) is 50.1 Å². The molecule has 2 saturated carbocycles. The van der Waals surface area contributed by atoms with Gasteiger partial charge in [0.25, 0.3) is 29.5 Å². The van der Waals surface area contributed by atoms with Crippen molar-refractivity contribution < 1.29 is 42.7 Å². The molecule has 0 spiro atoms. The molecule has 2 heterocycles. The Hall–Kier alpha value is -6.48. The Labute approximate surface area is 421 Å². The molecule has 0 radical (unpaired) electrons. The third-order valence-electron chi connectivity index (χ3n) is 13.6. The van der Waals surface area contributed by atoms with Gasteiger partial charge in [0.2, 0.25) is 0 Å². The number of hydrogen-bond donors (Lipinski definition) is 5. The minimum Gasteiger partial charge on any atom is -0.478 e. The smallest absolute Gasteiger partial charge is 0.336 e. The van der Waals surface area contributed by atoms with Crippen LogP contribution in [-0.2, 0) is 0 Å². The second-order valence-corrected chi connectivity index (χ2v) is 22.3. The first-order chi connectivity index (χ1) is 34.0. The van der Waals surface area contributed by atoms with E-state index in [4.69, 9.17) is 0 Å². The maximum atomic E-state index is 15.2. The summed E-state index contributed by atoms with van der Waals surface area (Å²) in [6.07, 6.45) is 7.95. The van der Waals surface area contributed by atoms with Crippen LogP contribution in [0.5, 0.6) is 0 Å². The molecule has 4 aromatic carbocycles. The van der Waals surface area contributed by atoms with Gasteiger partial charge in [-0.05, 0) is 171 Å². The fraction of sp³-hybridized carbons (Fsp3) is 0.474. The van der Waals surface area contributed by atoms with Crippen molar-refractivity contribution in [3.05, 3.63) is 117 Å². The molecular weight excluding hydrogens is 919 g/mol. The molecule has 0 aromatic heterocycles. The lowest BCUT2D eigenvalue weighted by Gasteiger charge is -2.37. The molecule has 8 rings (SSSR count). The van der Waals surface area contributed by atoms with Crippen molar-refractivity contribution in [2.45, 2.75) is 125 Å². The minimum atomic E-state index is -1.24. The minimum absolute atomic E-state index is 0.0932. The van der Waals surface area contributed by atoms with Crippen LogP contribution in [0.25, 0.3) is 22.3 Å². The highest BCUT2D eigenvalue weighted by Gasteiger charge is 2.32. The second kappa shape index (κ2) is 22.1. The van der Waals surface area contributed by atoms with Crippen LogP contribution in [0.2, 0.25) is 0 Å². The Morgan fingerprint density at radius 1 is 0.542 bits per heavy atom. The average Bonchev–Trinajstić information content (AvgIpc) is 4.28. The Morgan fingerprint density at radius 2 is 0.958 bits per heavy atom. The highest BCUT2D eigenvalue weighted by atomic mass is 19.1. The largest absolute Gasteiger partial charge is 0.478 e. The molecule has 72 heavy (non-hydrogen) atoms. The molecule has 0 atom stereocenters. The summed E-state index contributed by atoms with van der Waals surface area (Å²) < 4.78 is 29.8. The van der Waals surface area contributed by atoms with Crippen LogP contribution in [0.15, 0.2) is 60.7 Å². The third kappa shape index (κ3) is 13.7. The molecule has 384 valence electrons. The van der Waals surface area contributed by atoms with E-state index in [0.717, 1.165) is 57.7 Å². The zero-order chi connectivity index (χ0) is 52.2. The highest BCUT2D eigenvalue weighted by molar-refractivity contribution is 6.06. The fourth-order valence-electron chi connectivity index (χ4n) is 8.97. The monoisotopic (exact) mass is 989 g/mol. The van der Waals surface area contributed by atoms with Crippen LogP contribution in [0.3, 0.4) is 0 Å². The normalized spacial score (nSPS) is 16.3. The molecule has 0 unspecified atom stereocenters. The van der Waals surface area contributed by atoms with Gasteiger partial charge >= 0.3 is 5.97 Å². The van der Waals surface area contributed by atoms with E-state index >= 15 is 4.39 Å². The Bertz CT molecular complexity index is 2740. The van der Waals surface area contributed by atoms with Crippen molar-refractivity contribution >= 4 is 35.5 Å². The predicted octanol–water partition coefficient (Wildman–Crippen LogP) is 9.34. The first-order valence-electron chi connectivity index (χ1n) is 25.3. The van der Waals surface area contributed by atoms with E-state index in [1.807, 2.05) is 46.4 Å². The zero-order valence-corrected chi connectivity index (χ0v) is 43.0. The number of benzene rings is 4. The Balaban J connectivity index is 0.000000220. The summed E-state index contributed by atoms with van der Waals surface area (Å²) in [6.45, 7) is 19.7. The first kappa shape index (κ1) is 53.3. The Kier molecular flexibility index (Phi) is 16.4. The molecule has 15 heteroatoms. The number of nitrogens with zero attached hydrogens (tertiary/aromatic N) is 2. The number of nitrogens with one attached hydrogen (secondary N) is 4. The van der Waals surface area contributed by atoms with Gasteiger partial charge in [0.05, 0.1) is 5.56 Å². The fourth-order valence-corrected chi connectivity index (χ4v) is 8.97. The summed E-state index contributed by atoms with van der Waals surface area (Å²) in [5, 5.41) is 21.2. The molecule has 2 aliphatic heterocycles. The zero-order valence-electron chi connectivity index (χ0n) is 43.0. The first-order valence-corrected chi connectivity index (χ1v) is 25.3. The molecule has 13 nitrogen and oxygen atoms in total. The summed E-state index contributed by atoms with van der Waals surface area (Å²) in [5.41, 5.74) is 3.11. The van der Waals surface area contributed by atoms with E-state index in [9.17, 15) is 38.3 Å². The van der Waals surface area contributed by atoms with Crippen LogP contribution in [0.4, 0.5) is 8.78 Å². The highest BCUT2D eigenvalue weighted by Crippen LogP contribution is 2.35. The lowest BCUT2D eigenvalue weighted by Crippen LogP contribution is -2.46. The second-order valence-electron chi connectivity index (χ2n) is 22.3. The number of likely N-dealkylation sites (tertiary alicyclic amines) is 2. The molecule has 4 fully saturated rings. The van der Waals surface area contributed by atoms with Gasteiger partial charge in [0.1, 0.15) is 11.6 Å². The Morgan fingerprint density at radius 3 is 1.36 bits per heavy atom. The quantitative estimate of drug-likeness (QED) is 0.0880. The number of carbonyl (C=O) groups excluding carboxylic acids is 5. The topological polar surface area (TPSA) is 177 Å². The maximum Gasteiger partial charge on any atom is 0.336 e. The van der Waals surface area contributed by atoms with Gasteiger partial charge < -0.3 is 36.2 Å². The molecule has 0 bridgehead atoms. The van der Waals surface area contributed by atoms with Crippen LogP contribution in [0.1, 0.15) is 166 Å². The van der Waals surface area contributed by atoms with E-state index in [-0.39, 0.29) is 79.9 Å². The van der Waals surface area contributed by atoms with Gasteiger partial charge in [-0.3, -0.25) is 24.0 Å². The van der Waals surface area contributed by atoms with Crippen LogP contribution >= 0.6 is 0 Å². The van der Waals surface area contributed by atoms with Gasteiger partial charge in [0, 0.05) is 72.1 Å². The summed E-state index contributed by atoms with van der Waals surface area (Å²) in [6, 6.07) is 15.6. The van der Waals surface area contributed by atoms with Crippen molar-refractivity contribution in [3.8, 4) is 22.3 Å². The maximum absolute atomic E-state index is 15.2. The number of carbonyl (C=O) groups is 6. The number of carboxylic acid groups (broad SMARTS) is 1. The van der Waals surface area contributed by atoms with Crippen molar-refractivity contribution in [2.75, 3.05) is 39.3 Å². The standard InChI is InChI=1S/C33H43FN4O3.C24H27FN2O4/c1-21-27(18-23(19-29(21)34)31(40)36-24-8-9-24)26-10-7-22(30(39)35-20-33(2,3)4)17-28(26)32(41)38-15-11-25(12-16-38)37-13-5-6-14-37;1-13-18(10-15(11-20(13)25)22(29)27-16-6-7-16)17-8-5-14(9-19(17)23(30)31)21(28)26-12-24(2,3)4/h7,10,17-19,24-25H,5-6,8-9,11-16,20H2,1-4H3,(H,35,39)(H,36,40);5,8-11,16H,6-7,12H2,1-4H3,(H,26,28)(H,27,29)(H,30,31). The van der Waals surface area contributed by atoms with Gasteiger partial charge in [-0.2, -0.15) is 0 Å². The third-order valence-corrected chi connectivity index (χ3v) is 13.6. The van der Waals surface area contributed by atoms with E-state index < -0.39 is 23.5 Å². The summed E-state index contributed by atoms with van der Waals surface area (Å²) in [4.78, 5) is 81.3. The summed E-state index contributed by atoms with van der Waals surface area (Å²) in [7, 11) is 0. The van der Waals surface area contributed by atoms with Gasteiger partial charge in [0.15, 0.2) is 0 Å². The SMILES string of the molecule is Cc1c(F)cc(C(=O)NC2CC2)cc1-c1ccc(C(=O)NCC(C)(C)C)cc1C(=O)N1CCC(N2CCCC2)CC1.Cc1c(F)cc(C(=O)NC2CC2)cc1-c1ccc(C(=O)NCC(C)(C)C)cc1C(=O)O. The molecule has 4 aliphatic rings. The van der Waals surface area contributed by atoms with Crippen molar-refractivity contribution in [1.82, 2.24) is 31.1 Å². The molecular formula is C57H70F2N6O7. The van der Waals surface area contributed by atoms with Crippen LogP contribution in [0, 0.1) is 36.3 Å². The number of carboxylic acids is 1. The number of piperidine rings is 1. The van der Waals surface area contributed by atoms with Crippen LogP contribution in [-0.4, -0.2) is 108 Å². The van der Waals surface area contributed by atoms with Crippen molar-refractivity contribution in [3.63, 3.8) is 0 Å². The average molecular weight is 989 g/mol. The van der Waals surface area contributed by atoms with E-state index in [1.54, 1.807) is 31.2 Å². The lowest BCUT2D eigenvalue weighted by atomic mass is 9.91. The van der Waals surface area contributed by atoms with Gasteiger partial charge in [-0.15, -0.1) is 0 Å². The van der Waals surface area contributed by atoms with Gasteiger partial charge in [-0.1, -0.05) is 53.7 Å². The number of aromatic carboxylic acids is 1. The lowest BCUT2D eigenvalue weighted by molar-refractivity contribution is 0.0643. The van der Waals surface area contributed by atoms with Crippen molar-refractivity contribution in [1.29, 1.82) is 0 Å². The summed E-state index contributed by atoms with van der Waals surface area (Å²) in [5.74, 6) is -3.85. The number of amides is 5. The van der Waals surface area contributed by atoms with E-state index in [0.29, 0.717) is 65.6 Å². The number of hydrogen-bond acceptors (Lipinski definition) is 7. The molecule has 5 amide bonds. The van der Waals surface area contributed by atoms with Crippen molar-refractivity contribution in [2.24, 2.45) is 10.8 Å². The molecule has 4 aromatic rings. The predicted molar refractivity (Wildman–Crippen MR) is 274 cm³/mol. The summed E-state index contributed by atoms with van der Waals surface area (Å²) >= 11 is 0. The van der Waals surface area contributed by atoms with Crippen LogP contribution < -0.4 is 21.3 Å². The van der Waals surface area contributed by atoms with Gasteiger partial charge in [-0.25, -0.2) is 13.6 Å². The molecule has 5 N–H and O–H groups in total. The van der Waals surface area contributed by atoms with E-state index in [2.05, 4.69) is 26.2 Å². The number of halogens is 2.